The summed E-state index contributed by atoms with van der Waals surface area (Å²) in [6, 6.07) is 9.94. The second-order valence-corrected chi connectivity index (χ2v) is 5.89. The summed E-state index contributed by atoms with van der Waals surface area (Å²) in [5.74, 6) is -0.349. The molecular formula is C16H12F3N3OS. The molecule has 3 aromatic rings. The molecule has 2 N–H and O–H groups in total. The van der Waals surface area contributed by atoms with Gasteiger partial charge in [0.2, 0.25) is 5.91 Å². The van der Waals surface area contributed by atoms with E-state index in [-0.39, 0.29) is 12.5 Å². The zero-order chi connectivity index (χ0) is 17.2. The minimum absolute atomic E-state index is 0.00406. The lowest BCUT2D eigenvalue weighted by molar-refractivity contribution is -0.137. The Balaban J connectivity index is 1.57. The van der Waals surface area contributed by atoms with Crippen molar-refractivity contribution in [3.8, 4) is 0 Å². The summed E-state index contributed by atoms with van der Waals surface area (Å²) in [6.45, 7) is 0.00406. The highest BCUT2D eigenvalue weighted by Crippen LogP contribution is 2.29. The van der Waals surface area contributed by atoms with Gasteiger partial charge in [0, 0.05) is 23.0 Å². The molecule has 0 atom stereocenters. The van der Waals surface area contributed by atoms with Gasteiger partial charge in [0.05, 0.1) is 16.8 Å². The average Bonchev–Trinajstić information content (AvgIpc) is 3.00. The zero-order valence-corrected chi connectivity index (χ0v) is 13.0. The fourth-order valence-corrected chi connectivity index (χ4v) is 2.74. The van der Waals surface area contributed by atoms with Gasteiger partial charge in [-0.25, -0.2) is 0 Å². The molecule has 0 saturated carbocycles. The van der Waals surface area contributed by atoms with Crippen LogP contribution in [0.4, 0.5) is 24.5 Å². The Morgan fingerprint density at radius 1 is 1.08 bits per heavy atom. The van der Waals surface area contributed by atoms with Crippen molar-refractivity contribution in [3.63, 3.8) is 0 Å². The highest BCUT2D eigenvalue weighted by atomic mass is 32.1. The zero-order valence-electron chi connectivity index (χ0n) is 12.2. The molecule has 3 rings (SSSR count). The van der Waals surface area contributed by atoms with E-state index in [1.54, 1.807) is 6.20 Å². The number of rotatable bonds is 4. The predicted octanol–water partition coefficient (Wildman–Crippen LogP) is 4.37. The van der Waals surface area contributed by atoms with Crippen LogP contribution in [-0.4, -0.2) is 16.8 Å². The molecule has 0 bridgehead atoms. The standard InChI is InChI=1S/C16H12F3N3OS/c17-16(18,19)11-1-3-12(4-2-11)22-15(23)9-20-13-5-6-14-10(7-13)8-21-24-14/h1-8,20H,9H2,(H,22,23). The van der Waals surface area contributed by atoms with Crippen molar-refractivity contribution in [2.75, 3.05) is 17.2 Å². The quantitative estimate of drug-likeness (QED) is 0.734. The van der Waals surface area contributed by atoms with Crippen LogP contribution in [0, 0.1) is 0 Å². The number of benzene rings is 2. The minimum atomic E-state index is -4.39. The van der Waals surface area contributed by atoms with Gasteiger partial charge < -0.3 is 10.6 Å². The second-order valence-electron chi connectivity index (χ2n) is 5.06. The molecule has 0 unspecified atom stereocenters. The normalized spacial score (nSPS) is 11.5. The van der Waals surface area contributed by atoms with Crippen LogP contribution in [-0.2, 0) is 11.0 Å². The van der Waals surface area contributed by atoms with Gasteiger partial charge in [-0.05, 0) is 54.0 Å². The van der Waals surface area contributed by atoms with Crippen molar-refractivity contribution >= 4 is 38.9 Å². The molecule has 24 heavy (non-hydrogen) atoms. The van der Waals surface area contributed by atoms with Crippen molar-refractivity contribution in [1.29, 1.82) is 0 Å². The lowest BCUT2D eigenvalue weighted by Gasteiger charge is -2.10. The van der Waals surface area contributed by atoms with E-state index in [1.807, 2.05) is 18.2 Å². The molecule has 1 aromatic heterocycles. The van der Waals surface area contributed by atoms with E-state index in [0.717, 1.165) is 27.9 Å². The first-order chi connectivity index (χ1) is 11.4. The van der Waals surface area contributed by atoms with Gasteiger partial charge in [-0.2, -0.15) is 17.5 Å². The molecule has 1 heterocycles. The summed E-state index contributed by atoms with van der Waals surface area (Å²) in [6.07, 6.45) is -2.65. The van der Waals surface area contributed by atoms with Gasteiger partial charge in [0.25, 0.3) is 0 Å². The van der Waals surface area contributed by atoms with E-state index in [2.05, 4.69) is 15.0 Å². The summed E-state index contributed by atoms with van der Waals surface area (Å²) >= 11 is 1.39. The van der Waals surface area contributed by atoms with Crippen molar-refractivity contribution < 1.29 is 18.0 Å². The Kier molecular flexibility index (Phi) is 4.39. The summed E-state index contributed by atoms with van der Waals surface area (Å²) in [7, 11) is 0. The lowest BCUT2D eigenvalue weighted by atomic mass is 10.2. The van der Waals surface area contributed by atoms with Gasteiger partial charge in [-0.1, -0.05) is 0 Å². The number of fused-ring (bicyclic) bond motifs is 1. The van der Waals surface area contributed by atoms with Crippen LogP contribution in [0.5, 0.6) is 0 Å². The van der Waals surface area contributed by atoms with Gasteiger partial charge in [0.1, 0.15) is 0 Å². The van der Waals surface area contributed by atoms with Gasteiger partial charge >= 0.3 is 6.18 Å². The number of carbonyl (C=O) groups is 1. The number of hydrogen-bond donors (Lipinski definition) is 2. The maximum atomic E-state index is 12.5. The Morgan fingerprint density at radius 2 is 1.79 bits per heavy atom. The average molecular weight is 351 g/mol. The van der Waals surface area contributed by atoms with E-state index in [0.29, 0.717) is 5.69 Å². The highest BCUT2D eigenvalue weighted by Gasteiger charge is 2.29. The van der Waals surface area contributed by atoms with Crippen LogP contribution in [0.3, 0.4) is 0 Å². The third kappa shape index (κ3) is 3.83. The number of amides is 1. The molecular weight excluding hydrogens is 339 g/mol. The molecule has 0 aliphatic carbocycles. The highest BCUT2D eigenvalue weighted by molar-refractivity contribution is 7.13. The van der Waals surface area contributed by atoms with E-state index < -0.39 is 11.7 Å². The Labute approximate surface area is 139 Å². The smallest absolute Gasteiger partial charge is 0.376 e. The Bertz CT molecular complexity index is 859. The molecule has 2 aromatic carbocycles. The summed E-state index contributed by atoms with van der Waals surface area (Å²) in [5, 5.41) is 6.49. The number of nitrogens with zero attached hydrogens (tertiary/aromatic N) is 1. The third-order valence-electron chi connectivity index (χ3n) is 3.30. The Morgan fingerprint density at radius 3 is 2.50 bits per heavy atom. The largest absolute Gasteiger partial charge is 0.416 e. The molecule has 8 heteroatoms. The van der Waals surface area contributed by atoms with Crippen molar-refractivity contribution in [1.82, 2.24) is 4.37 Å². The minimum Gasteiger partial charge on any atom is -0.376 e. The predicted molar refractivity (Wildman–Crippen MR) is 88.2 cm³/mol. The van der Waals surface area contributed by atoms with Gasteiger partial charge in [-0.3, -0.25) is 4.79 Å². The van der Waals surface area contributed by atoms with Crippen LogP contribution < -0.4 is 10.6 Å². The summed E-state index contributed by atoms with van der Waals surface area (Å²) in [4.78, 5) is 11.9. The number of anilines is 2. The van der Waals surface area contributed by atoms with Crippen molar-refractivity contribution in [3.05, 3.63) is 54.2 Å². The SMILES string of the molecule is O=C(CNc1ccc2sncc2c1)Nc1ccc(C(F)(F)F)cc1. The third-order valence-corrected chi connectivity index (χ3v) is 4.08. The lowest BCUT2D eigenvalue weighted by Crippen LogP contribution is -2.21. The number of nitrogens with one attached hydrogen (secondary N) is 2. The van der Waals surface area contributed by atoms with Crippen molar-refractivity contribution in [2.24, 2.45) is 0 Å². The maximum absolute atomic E-state index is 12.5. The first-order valence-electron chi connectivity index (χ1n) is 6.97. The second kappa shape index (κ2) is 6.48. The fraction of sp³-hybridized carbons (Fsp3) is 0.125. The molecule has 1 amide bonds. The van der Waals surface area contributed by atoms with E-state index in [9.17, 15) is 18.0 Å². The number of alkyl halides is 3. The first-order valence-corrected chi connectivity index (χ1v) is 7.74. The fourth-order valence-electron chi connectivity index (χ4n) is 2.11. The number of hydrogen-bond acceptors (Lipinski definition) is 4. The van der Waals surface area contributed by atoms with Crippen LogP contribution in [0.1, 0.15) is 5.56 Å². The molecule has 0 aliphatic heterocycles. The van der Waals surface area contributed by atoms with E-state index >= 15 is 0 Å². The van der Waals surface area contributed by atoms with E-state index in [1.165, 1.54) is 23.7 Å². The first kappa shape index (κ1) is 16.3. The van der Waals surface area contributed by atoms with Crippen LogP contribution in [0.2, 0.25) is 0 Å². The molecule has 124 valence electrons. The maximum Gasteiger partial charge on any atom is 0.416 e. The molecule has 0 fully saturated rings. The number of halogens is 3. The summed E-state index contributed by atoms with van der Waals surface area (Å²) in [5.41, 5.74) is 0.328. The Hall–Kier alpha value is -2.61. The molecule has 0 spiro atoms. The number of carbonyl (C=O) groups excluding carboxylic acids is 1. The van der Waals surface area contributed by atoms with Crippen LogP contribution in [0.25, 0.3) is 10.1 Å². The number of aromatic nitrogens is 1. The molecule has 4 nitrogen and oxygen atoms in total. The summed E-state index contributed by atoms with van der Waals surface area (Å²) < 4.78 is 42.6. The molecule has 0 aliphatic rings. The van der Waals surface area contributed by atoms with E-state index in [4.69, 9.17) is 0 Å². The van der Waals surface area contributed by atoms with Gasteiger partial charge in [-0.15, -0.1) is 0 Å². The molecule has 0 saturated heterocycles. The van der Waals surface area contributed by atoms with Crippen molar-refractivity contribution in [2.45, 2.75) is 6.18 Å². The van der Waals surface area contributed by atoms with Crippen LogP contribution in [0.15, 0.2) is 48.7 Å². The van der Waals surface area contributed by atoms with Crippen LogP contribution >= 0.6 is 11.5 Å². The van der Waals surface area contributed by atoms with Gasteiger partial charge in [0.15, 0.2) is 0 Å². The topological polar surface area (TPSA) is 54.0 Å². The monoisotopic (exact) mass is 351 g/mol. The molecule has 0 radical (unpaired) electrons.